The van der Waals surface area contributed by atoms with Crippen molar-refractivity contribution in [1.29, 1.82) is 0 Å². The highest BCUT2D eigenvalue weighted by Crippen LogP contribution is 2.20. The Morgan fingerprint density at radius 2 is 2.22 bits per heavy atom. The molecule has 0 amide bonds. The van der Waals surface area contributed by atoms with Crippen LogP contribution >= 0.6 is 0 Å². The number of anilines is 1. The molecule has 18 heavy (non-hydrogen) atoms. The number of hydrogen-bond acceptors (Lipinski definition) is 4. The third-order valence-electron chi connectivity index (χ3n) is 3.67. The van der Waals surface area contributed by atoms with Gasteiger partial charge in [-0.1, -0.05) is 12.1 Å². The SMILES string of the molecule is CC(=O)c1cccc(N2CCN(C)C(CN)C2)c1. The van der Waals surface area contributed by atoms with Crippen LogP contribution in [0.3, 0.4) is 0 Å². The Hall–Kier alpha value is -1.39. The molecule has 1 saturated heterocycles. The van der Waals surface area contributed by atoms with Crippen LogP contribution in [0.2, 0.25) is 0 Å². The molecule has 1 unspecified atom stereocenters. The molecule has 1 atom stereocenters. The number of carbonyl (C=O) groups excluding carboxylic acids is 1. The molecule has 2 N–H and O–H groups in total. The summed E-state index contributed by atoms with van der Waals surface area (Å²) in [5.41, 5.74) is 7.68. The van der Waals surface area contributed by atoms with Crippen molar-refractivity contribution < 1.29 is 4.79 Å². The van der Waals surface area contributed by atoms with Crippen molar-refractivity contribution in [3.05, 3.63) is 29.8 Å². The molecule has 1 aromatic rings. The predicted octanol–water partition coefficient (Wildman–Crippen LogP) is 0.968. The van der Waals surface area contributed by atoms with Crippen molar-refractivity contribution in [2.45, 2.75) is 13.0 Å². The summed E-state index contributed by atoms with van der Waals surface area (Å²) in [5, 5.41) is 0. The lowest BCUT2D eigenvalue weighted by Gasteiger charge is -2.40. The highest BCUT2D eigenvalue weighted by atomic mass is 16.1. The van der Waals surface area contributed by atoms with Crippen molar-refractivity contribution in [3.63, 3.8) is 0 Å². The topological polar surface area (TPSA) is 49.6 Å². The average molecular weight is 247 g/mol. The molecule has 4 heteroatoms. The number of rotatable bonds is 3. The number of carbonyl (C=O) groups is 1. The van der Waals surface area contributed by atoms with E-state index in [2.05, 4.69) is 22.9 Å². The normalized spacial score (nSPS) is 21.1. The number of piperazine rings is 1. The van der Waals surface area contributed by atoms with Gasteiger partial charge in [-0.3, -0.25) is 9.69 Å². The highest BCUT2D eigenvalue weighted by molar-refractivity contribution is 5.94. The first-order valence-corrected chi connectivity index (χ1v) is 6.38. The lowest BCUT2D eigenvalue weighted by Crippen LogP contribution is -2.54. The van der Waals surface area contributed by atoms with Gasteiger partial charge in [0.25, 0.3) is 0 Å². The van der Waals surface area contributed by atoms with Crippen LogP contribution in [0, 0.1) is 0 Å². The number of ketones is 1. The first-order valence-electron chi connectivity index (χ1n) is 6.38. The van der Waals surface area contributed by atoms with Crippen LogP contribution in [0.15, 0.2) is 24.3 Å². The summed E-state index contributed by atoms with van der Waals surface area (Å²) in [5.74, 6) is 0.112. The van der Waals surface area contributed by atoms with Crippen molar-refractivity contribution in [2.75, 3.05) is 38.1 Å². The molecule has 0 bridgehead atoms. The molecule has 1 aliphatic rings. The largest absolute Gasteiger partial charge is 0.369 e. The van der Waals surface area contributed by atoms with Gasteiger partial charge in [0, 0.05) is 43.5 Å². The molecule has 0 radical (unpaired) electrons. The van der Waals surface area contributed by atoms with Gasteiger partial charge in [0.15, 0.2) is 5.78 Å². The molecule has 2 rings (SSSR count). The predicted molar refractivity (Wildman–Crippen MR) is 74.1 cm³/mol. The fourth-order valence-electron chi connectivity index (χ4n) is 2.36. The highest BCUT2D eigenvalue weighted by Gasteiger charge is 2.23. The van der Waals surface area contributed by atoms with Crippen LogP contribution in [0.4, 0.5) is 5.69 Å². The standard InChI is InChI=1S/C14H21N3O/c1-11(18)12-4-3-5-13(8-12)17-7-6-16(2)14(9-15)10-17/h3-5,8,14H,6-7,9-10,15H2,1-2H3. The van der Waals surface area contributed by atoms with Crippen LogP contribution in [-0.2, 0) is 0 Å². The smallest absolute Gasteiger partial charge is 0.159 e. The number of nitrogens with two attached hydrogens (primary N) is 1. The Morgan fingerprint density at radius 3 is 2.89 bits per heavy atom. The van der Waals surface area contributed by atoms with Gasteiger partial charge in [-0.15, -0.1) is 0 Å². The van der Waals surface area contributed by atoms with Gasteiger partial charge < -0.3 is 10.6 Å². The zero-order valence-electron chi connectivity index (χ0n) is 11.1. The second-order valence-corrected chi connectivity index (χ2v) is 4.92. The number of nitrogens with zero attached hydrogens (tertiary/aromatic N) is 2. The maximum atomic E-state index is 11.4. The van der Waals surface area contributed by atoms with Crippen molar-refractivity contribution in [1.82, 2.24) is 4.90 Å². The molecule has 0 aromatic heterocycles. The molecule has 1 heterocycles. The van der Waals surface area contributed by atoms with Crippen LogP contribution in [0.1, 0.15) is 17.3 Å². The Bertz CT molecular complexity index is 433. The van der Waals surface area contributed by atoms with E-state index < -0.39 is 0 Å². The molecule has 0 saturated carbocycles. The lowest BCUT2D eigenvalue weighted by atomic mass is 10.1. The monoisotopic (exact) mass is 247 g/mol. The fraction of sp³-hybridized carbons (Fsp3) is 0.500. The van der Waals surface area contributed by atoms with E-state index >= 15 is 0 Å². The molecule has 98 valence electrons. The van der Waals surface area contributed by atoms with Gasteiger partial charge in [-0.05, 0) is 26.1 Å². The van der Waals surface area contributed by atoms with Gasteiger partial charge in [0.1, 0.15) is 0 Å². The number of likely N-dealkylation sites (N-methyl/N-ethyl adjacent to an activating group) is 1. The van der Waals surface area contributed by atoms with E-state index in [0.717, 1.165) is 30.9 Å². The number of benzene rings is 1. The van der Waals surface area contributed by atoms with Crippen LogP contribution < -0.4 is 10.6 Å². The van der Waals surface area contributed by atoms with E-state index in [0.29, 0.717) is 12.6 Å². The van der Waals surface area contributed by atoms with Crippen LogP contribution in [0.5, 0.6) is 0 Å². The summed E-state index contributed by atoms with van der Waals surface area (Å²) in [4.78, 5) is 16.0. The molecule has 1 aliphatic heterocycles. The van der Waals surface area contributed by atoms with E-state index in [-0.39, 0.29) is 5.78 Å². The molecule has 0 spiro atoms. The second-order valence-electron chi connectivity index (χ2n) is 4.92. The first-order chi connectivity index (χ1) is 8.61. The average Bonchev–Trinajstić information content (AvgIpc) is 2.39. The van der Waals surface area contributed by atoms with E-state index in [4.69, 9.17) is 5.73 Å². The molecule has 1 aromatic carbocycles. The third kappa shape index (κ3) is 2.71. The van der Waals surface area contributed by atoms with E-state index in [1.54, 1.807) is 6.92 Å². The second kappa shape index (κ2) is 5.50. The van der Waals surface area contributed by atoms with E-state index in [1.165, 1.54) is 0 Å². The summed E-state index contributed by atoms with van der Waals surface area (Å²) < 4.78 is 0. The van der Waals surface area contributed by atoms with Gasteiger partial charge in [-0.25, -0.2) is 0 Å². The Balaban J connectivity index is 2.16. The third-order valence-corrected chi connectivity index (χ3v) is 3.67. The summed E-state index contributed by atoms with van der Waals surface area (Å²) >= 11 is 0. The lowest BCUT2D eigenvalue weighted by molar-refractivity contribution is 0.101. The van der Waals surface area contributed by atoms with Crippen LogP contribution in [0.25, 0.3) is 0 Å². The zero-order chi connectivity index (χ0) is 13.1. The summed E-state index contributed by atoms with van der Waals surface area (Å²) in [7, 11) is 2.11. The van der Waals surface area contributed by atoms with Crippen molar-refractivity contribution in [2.24, 2.45) is 5.73 Å². The summed E-state index contributed by atoms with van der Waals surface area (Å²) in [6.45, 7) is 5.18. The minimum atomic E-state index is 0.112. The Labute approximate surface area is 108 Å². The maximum Gasteiger partial charge on any atom is 0.159 e. The van der Waals surface area contributed by atoms with Gasteiger partial charge in [-0.2, -0.15) is 0 Å². The molecule has 0 aliphatic carbocycles. The molecule has 1 fully saturated rings. The minimum Gasteiger partial charge on any atom is -0.369 e. The van der Waals surface area contributed by atoms with Crippen molar-refractivity contribution in [3.8, 4) is 0 Å². The molecule has 4 nitrogen and oxygen atoms in total. The quantitative estimate of drug-likeness (QED) is 0.809. The van der Waals surface area contributed by atoms with Gasteiger partial charge in [0.05, 0.1) is 0 Å². The Kier molecular flexibility index (Phi) is 3.99. The number of Topliss-reactive ketones (excluding diaryl/α,β-unsaturated/α-hetero) is 1. The first kappa shape index (κ1) is 13.1. The van der Waals surface area contributed by atoms with Crippen molar-refractivity contribution >= 4 is 11.5 Å². The summed E-state index contributed by atoms with van der Waals surface area (Å²) in [6, 6.07) is 8.23. The minimum absolute atomic E-state index is 0.112. The van der Waals surface area contributed by atoms with Gasteiger partial charge in [0.2, 0.25) is 0 Å². The Morgan fingerprint density at radius 1 is 1.44 bits per heavy atom. The van der Waals surface area contributed by atoms with E-state index in [1.807, 2.05) is 18.2 Å². The molecular weight excluding hydrogens is 226 g/mol. The summed E-state index contributed by atoms with van der Waals surface area (Å²) in [6.07, 6.45) is 0. The maximum absolute atomic E-state index is 11.4. The van der Waals surface area contributed by atoms with E-state index in [9.17, 15) is 4.79 Å². The number of hydrogen-bond donors (Lipinski definition) is 1. The molecular formula is C14H21N3O. The fourth-order valence-corrected chi connectivity index (χ4v) is 2.36. The zero-order valence-corrected chi connectivity index (χ0v) is 11.1. The van der Waals surface area contributed by atoms with Crippen LogP contribution in [-0.4, -0.2) is 50.0 Å². The van der Waals surface area contributed by atoms with Gasteiger partial charge >= 0.3 is 0 Å².